The number of phenols is 1. The zero-order valence-electron chi connectivity index (χ0n) is 14.4. The van der Waals surface area contributed by atoms with Crippen molar-refractivity contribution in [1.82, 2.24) is 10.4 Å². The quantitative estimate of drug-likeness (QED) is 0.385. The predicted octanol–water partition coefficient (Wildman–Crippen LogP) is 3.25. The van der Waals surface area contributed by atoms with E-state index >= 15 is 0 Å². The molecule has 0 fully saturated rings. The molecule has 9 heteroatoms. The van der Waals surface area contributed by atoms with Gasteiger partial charge in [-0.05, 0) is 54.1 Å². The molecule has 2 N–H and O–H groups in total. The summed E-state index contributed by atoms with van der Waals surface area (Å²) in [5.41, 5.74) is 3.36. The second-order valence-corrected chi connectivity index (χ2v) is 5.53. The van der Waals surface area contributed by atoms with Gasteiger partial charge >= 0.3 is 0 Å². The zero-order valence-corrected chi connectivity index (χ0v) is 14.4. The highest BCUT2D eigenvalue weighted by Crippen LogP contribution is 2.21. The Bertz CT molecular complexity index is 1000. The van der Waals surface area contributed by atoms with E-state index < -0.39 is 10.8 Å². The summed E-state index contributed by atoms with van der Waals surface area (Å²) >= 11 is 0. The van der Waals surface area contributed by atoms with Crippen LogP contribution in [-0.4, -0.2) is 27.1 Å². The van der Waals surface area contributed by atoms with Crippen molar-refractivity contribution >= 4 is 17.8 Å². The van der Waals surface area contributed by atoms with E-state index in [1.165, 1.54) is 42.6 Å². The van der Waals surface area contributed by atoms with E-state index in [9.17, 15) is 20.0 Å². The Labute approximate surface area is 159 Å². The van der Waals surface area contributed by atoms with E-state index in [0.29, 0.717) is 11.3 Å². The highest BCUT2D eigenvalue weighted by atomic mass is 16.6. The van der Waals surface area contributed by atoms with Crippen LogP contribution in [0, 0.1) is 10.1 Å². The van der Waals surface area contributed by atoms with Crippen molar-refractivity contribution in [3.63, 3.8) is 0 Å². The van der Waals surface area contributed by atoms with Crippen molar-refractivity contribution in [3.05, 3.63) is 88.1 Å². The number of nitro groups is 1. The van der Waals surface area contributed by atoms with Gasteiger partial charge in [-0.2, -0.15) is 5.10 Å². The third-order valence-corrected chi connectivity index (χ3v) is 3.54. The fourth-order valence-corrected chi connectivity index (χ4v) is 2.13. The molecule has 0 saturated carbocycles. The average molecular weight is 378 g/mol. The topological polar surface area (TPSA) is 127 Å². The maximum Gasteiger partial charge on any atom is 0.287 e. The third kappa shape index (κ3) is 4.88. The first kappa shape index (κ1) is 18.5. The molecule has 140 valence electrons. The molecule has 1 amide bonds. The summed E-state index contributed by atoms with van der Waals surface area (Å²) in [6, 6.07) is 15.3. The normalized spacial score (nSPS) is 10.6. The van der Waals surface area contributed by atoms with Crippen molar-refractivity contribution in [2.75, 3.05) is 0 Å². The van der Waals surface area contributed by atoms with Gasteiger partial charge in [-0.15, -0.1) is 0 Å². The fourth-order valence-electron chi connectivity index (χ4n) is 2.13. The van der Waals surface area contributed by atoms with Crippen LogP contribution in [0.25, 0.3) is 0 Å². The summed E-state index contributed by atoms with van der Waals surface area (Å²) in [7, 11) is 0. The number of hydrazone groups is 1. The molecule has 0 radical (unpaired) electrons. The summed E-state index contributed by atoms with van der Waals surface area (Å²) in [5.74, 6) is 0.395. The number of hydrogen-bond donors (Lipinski definition) is 2. The number of aromatic hydroxyl groups is 1. The Morgan fingerprint density at radius 3 is 2.43 bits per heavy atom. The van der Waals surface area contributed by atoms with Gasteiger partial charge in [-0.1, -0.05) is 0 Å². The molecule has 3 rings (SSSR count). The lowest BCUT2D eigenvalue weighted by atomic mass is 10.2. The number of rotatable bonds is 6. The van der Waals surface area contributed by atoms with Crippen LogP contribution in [0.1, 0.15) is 15.9 Å². The van der Waals surface area contributed by atoms with E-state index in [-0.39, 0.29) is 17.3 Å². The van der Waals surface area contributed by atoms with Gasteiger partial charge in [0.2, 0.25) is 5.88 Å². The van der Waals surface area contributed by atoms with Crippen molar-refractivity contribution < 1.29 is 19.6 Å². The van der Waals surface area contributed by atoms with Crippen molar-refractivity contribution in [2.45, 2.75) is 0 Å². The summed E-state index contributed by atoms with van der Waals surface area (Å²) in [6.45, 7) is 0. The first-order valence-corrected chi connectivity index (χ1v) is 8.02. The fraction of sp³-hybridized carbons (Fsp3) is 0. The molecule has 2 aromatic carbocycles. The minimum atomic E-state index is -0.536. The van der Waals surface area contributed by atoms with E-state index in [0.717, 1.165) is 11.8 Å². The van der Waals surface area contributed by atoms with Crippen LogP contribution in [0.4, 0.5) is 5.69 Å². The number of aromatic nitrogens is 1. The number of nitrogens with one attached hydrogen (secondary N) is 1. The number of benzene rings is 2. The van der Waals surface area contributed by atoms with Crippen molar-refractivity contribution in [2.24, 2.45) is 5.10 Å². The molecule has 1 heterocycles. The van der Waals surface area contributed by atoms with Gasteiger partial charge in [0.1, 0.15) is 17.7 Å². The minimum Gasteiger partial charge on any atom is -0.508 e. The number of pyridine rings is 1. The molecule has 0 aliphatic carbocycles. The van der Waals surface area contributed by atoms with E-state index in [1.54, 1.807) is 24.3 Å². The van der Waals surface area contributed by atoms with Crippen LogP contribution in [-0.2, 0) is 0 Å². The number of nitrogens with zero attached hydrogens (tertiary/aromatic N) is 3. The second kappa shape index (κ2) is 8.41. The molecular formula is C19H14N4O5. The van der Waals surface area contributed by atoms with Gasteiger partial charge in [-0.25, -0.2) is 10.4 Å². The number of ether oxygens (including phenoxy) is 1. The second-order valence-electron chi connectivity index (χ2n) is 5.53. The van der Waals surface area contributed by atoms with Crippen LogP contribution < -0.4 is 10.2 Å². The Hall–Kier alpha value is -4.27. The van der Waals surface area contributed by atoms with Crippen LogP contribution in [0.5, 0.6) is 17.4 Å². The summed E-state index contributed by atoms with van der Waals surface area (Å²) in [6.07, 6.45) is 2.58. The van der Waals surface area contributed by atoms with Gasteiger partial charge in [0.25, 0.3) is 11.6 Å². The molecule has 0 spiro atoms. The number of amides is 1. The molecule has 0 aliphatic heterocycles. The SMILES string of the molecule is O=C(NN=Cc1ccc(Oc2ccc([N+](=O)[O-])cn2)cc1)c1ccc(O)cc1. The number of phenolic OH excluding ortho intramolecular Hbond substituents is 1. The lowest BCUT2D eigenvalue weighted by Crippen LogP contribution is -2.17. The highest BCUT2D eigenvalue weighted by molar-refractivity contribution is 5.94. The monoisotopic (exact) mass is 378 g/mol. The lowest BCUT2D eigenvalue weighted by molar-refractivity contribution is -0.385. The van der Waals surface area contributed by atoms with Crippen LogP contribution in [0.3, 0.4) is 0 Å². The Morgan fingerprint density at radius 2 is 1.82 bits per heavy atom. The van der Waals surface area contributed by atoms with Crippen molar-refractivity contribution in [1.29, 1.82) is 0 Å². The molecule has 9 nitrogen and oxygen atoms in total. The Balaban J connectivity index is 1.56. The molecule has 28 heavy (non-hydrogen) atoms. The van der Waals surface area contributed by atoms with E-state index in [1.807, 2.05) is 0 Å². The van der Waals surface area contributed by atoms with Gasteiger partial charge < -0.3 is 9.84 Å². The molecular weight excluding hydrogens is 364 g/mol. The predicted molar refractivity (Wildman–Crippen MR) is 101 cm³/mol. The van der Waals surface area contributed by atoms with Crippen molar-refractivity contribution in [3.8, 4) is 17.4 Å². The lowest BCUT2D eigenvalue weighted by Gasteiger charge is -2.04. The average Bonchev–Trinajstić information content (AvgIpc) is 2.70. The third-order valence-electron chi connectivity index (χ3n) is 3.54. The molecule has 0 bridgehead atoms. The van der Waals surface area contributed by atoms with Gasteiger partial charge in [-0.3, -0.25) is 14.9 Å². The maximum absolute atomic E-state index is 11.9. The molecule has 0 saturated heterocycles. The van der Waals surface area contributed by atoms with E-state index in [4.69, 9.17) is 4.74 Å². The van der Waals surface area contributed by atoms with Gasteiger partial charge in [0.05, 0.1) is 11.1 Å². The Morgan fingerprint density at radius 1 is 1.11 bits per heavy atom. The summed E-state index contributed by atoms with van der Waals surface area (Å²) in [5, 5.41) is 23.7. The standard InChI is InChI=1S/C19H14N4O5/c24-16-6-3-14(4-7-16)19(25)22-21-11-13-1-8-17(9-2-13)28-18-10-5-15(12-20-18)23(26)27/h1-12,24H,(H,22,25). The zero-order chi connectivity index (χ0) is 19.9. The van der Waals surface area contributed by atoms with Gasteiger partial charge in [0.15, 0.2) is 0 Å². The molecule has 1 aromatic heterocycles. The molecule has 0 aliphatic rings. The summed E-state index contributed by atoms with van der Waals surface area (Å²) in [4.78, 5) is 25.8. The smallest absolute Gasteiger partial charge is 0.287 e. The maximum atomic E-state index is 11.9. The van der Waals surface area contributed by atoms with Crippen LogP contribution in [0.15, 0.2) is 72.0 Å². The first-order valence-electron chi connectivity index (χ1n) is 8.02. The number of hydrogen-bond acceptors (Lipinski definition) is 7. The number of carbonyl (C=O) groups excluding carboxylic acids is 1. The number of carbonyl (C=O) groups is 1. The van der Waals surface area contributed by atoms with Gasteiger partial charge in [0, 0.05) is 17.7 Å². The largest absolute Gasteiger partial charge is 0.508 e. The van der Waals surface area contributed by atoms with E-state index in [2.05, 4.69) is 15.5 Å². The molecule has 0 unspecified atom stereocenters. The minimum absolute atomic E-state index is 0.0753. The molecule has 0 atom stereocenters. The summed E-state index contributed by atoms with van der Waals surface area (Å²) < 4.78 is 5.51. The van der Waals surface area contributed by atoms with Crippen LogP contribution in [0.2, 0.25) is 0 Å². The Kier molecular flexibility index (Phi) is 5.56. The van der Waals surface area contributed by atoms with Crippen LogP contribution >= 0.6 is 0 Å². The highest BCUT2D eigenvalue weighted by Gasteiger charge is 2.06. The molecule has 3 aromatic rings. The first-order chi connectivity index (χ1) is 13.5.